The number of benzene rings is 2. The van der Waals surface area contributed by atoms with Crippen LogP contribution < -0.4 is 15.2 Å². The number of nitrogens with two attached hydrogens (primary N) is 1. The summed E-state index contributed by atoms with van der Waals surface area (Å²) in [5.41, 5.74) is 13.5. The van der Waals surface area contributed by atoms with Gasteiger partial charge in [0.05, 0.1) is 36.7 Å². The fraction of sp³-hybridized carbons (Fsp3) is 0.143. The maximum absolute atomic E-state index is 13.6. The molecule has 0 unspecified atom stereocenters. The highest BCUT2D eigenvalue weighted by atomic mass is 32.1. The van der Waals surface area contributed by atoms with Gasteiger partial charge in [0.2, 0.25) is 5.78 Å². The van der Waals surface area contributed by atoms with E-state index >= 15 is 0 Å². The van der Waals surface area contributed by atoms with Crippen molar-refractivity contribution in [1.29, 1.82) is 0 Å². The van der Waals surface area contributed by atoms with E-state index in [1.54, 1.807) is 14.2 Å². The van der Waals surface area contributed by atoms with Gasteiger partial charge in [-0.05, 0) is 61.4 Å². The summed E-state index contributed by atoms with van der Waals surface area (Å²) in [6.45, 7) is 4.03. The molecule has 0 spiro atoms. The van der Waals surface area contributed by atoms with Gasteiger partial charge in [-0.2, -0.15) is 0 Å². The summed E-state index contributed by atoms with van der Waals surface area (Å²) >= 11 is 1.47. The number of pyridine rings is 1. The SMILES string of the molecule is COc1ccc(OC)c(-c2csc(-c3c(N)c(C(=O)c4ccc(C)c(C)c4)n4ccccc34)n2)c1. The number of ketones is 1. The molecule has 0 saturated carbocycles. The number of ether oxygens (including phenoxy) is 2. The second-order valence-corrected chi connectivity index (χ2v) is 9.18. The molecule has 6 nitrogen and oxygen atoms in total. The Morgan fingerprint density at radius 2 is 1.83 bits per heavy atom. The quantitative estimate of drug-likeness (QED) is 0.292. The molecule has 2 N–H and O–H groups in total. The summed E-state index contributed by atoms with van der Waals surface area (Å²) in [4.78, 5) is 18.5. The van der Waals surface area contributed by atoms with Gasteiger partial charge >= 0.3 is 0 Å². The number of carbonyl (C=O) groups excluding carboxylic acids is 1. The molecule has 0 bridgehead atoms. The van der Waals surface area contributed by atoms with Gasteiger partial charge in [0, 0.05) is 22.7 Å². The van der Waals surface area contributed by atoms with Gasteiger partial charge in [-0.1, -0.05) is 18.2 Å². The first-order valence-electron chi connectivity index (χ1n) is 11.1. The number of fused-ring (bicyclic) bond motifs is 1. The topological polar surface area (TPSA) is 78.9 Å². The normalized spacial score (nSPS) is 11.1. The van der Waals surface area contributed by atoms with E-state index < -0.39 is 0 Å². The molecule has 3 heterocycles. The molecule has 0 atom stereocenters. The van der Waals surface area contributed by atoms with Crippen molar-refractivity contribution in [2.45, 2.75) is 13.8 Å². The average Bonchev–Trinajstić information content (AvgIpc) is 3.46. The van der Waals surface area contributed by atoms with Crippen LogP contribution in [-0.4, -0.2) is 29.4 Å². The number of carbonyl (C=O) groups is 1. The first-order valence-corrected chi connectivity index (χ1v) is 12.0. The Kier molecular flexibility index (Phi) is 5.78. The van der Waals surface area contributed by atoms with Crippen LogP contribution in [0.25, 0.3) is 27.3 Å². The van der Waals surface area contributed by atoms with Crippen LogP contribution in [0.5, 0.6) is 11.5 Å². The molecule has 5 rings (SSSR count). The zero-order chi connectivity index (χ0) is 24.7. The number of aromatic nitrogens is 2. The van der Waals surface area contributed by atoms with Crippen molar-refractivity contribution in [1.82, 2.24) is 9.38 Å². The van der Waals surface area contributed by atoms with Crippen LogP contribution in [0.15, 0.2) is 66.2 Å². The Morgan fingerprint density at radius 3 is 2.57 bits per heavy atom. The van der Waals surface area contributed by atoms with Crippen molar-refractivity contribution in [2.24, 2.45) is 0 Å². The van der Waals surface area contributed by atoms with E-state index in [-0.39, 0.29) is 5.78 Å². The summed E-state index contributed by atoms with van der Waals surface area (Å²) in [7, 11) is 3.25. The largest absolute Gasteiger partial charge is 0.497 e. The van der Waals surface area contributed by atoms with Crippen molar-refractivity contribution in [2.75, 3.05) is 20.0 Å². The van der Waals surface area contributed by atoms with Gasteiger partial charge in [-0.15, -0.1) is 11.3 Å². The van der Waals surface area contributed by atoms with Crippen LogP contribution in [0.3, 0.4) is 0 Å². The number of nitrogen functional groups attached to an aromatic ring is 1. The number of anilines is 1. The van der Waals surface area contributed by atoms with E-state index in [1.807, 2.05) is 84.4 Å². The van der Waals surface area contributed by atoms with Crippen molar-refractivity contribution in [3.8, 4) is 33.3 Å². The first-order chi connectivity index (χ1) is 16.9. The Morgan fingerprint density at radius 1 is 1.00 bits per heavy atom. The lowest BCUT2D eigenvalue weighted by molar-refractivity contribution is 0.103. The third kappa shape index (κ3) is 3.84. The second kappa shape index (κ2) is 8.92. The van der Waals surface area contributed by atoms with Crippen molar-refractivity contribution < 1.29 is 14.3 Å². The molecule has 7 heteroatoms. The van der Waals surface area contributed by atoms with E-state index in [1.165, 1.54) is 11.3 Å². The minimum atomic E-state index is -0.121. The molecule has 0 fully saturated rings. The van der Waals surface area contributed by atoms with E-state index in [9.17, 15) is 4.79 Å². The summed E-state index contributed by atoms with van der Waals surface area (Å²) in [5, 5.41) is 2.69. The van der Waals surface area contributed by atoms with Crippen molar-refractivity contribution in [3.05, 3.63) is 88.6 Å². The Labute approximate surface area is 207 Å². The minimum absolute atomic E-state index is 0.121. The average molecular weight is 484 g/mol. The fourth-order valence-corrected chi connectivity index (χ4v) is 5.12. The monoisotopic (exact) mass is 483 g/mol. The molecule has 0 aliphatic rings. The number of hydrogen-bond donors (Lipinski definition) is 1. The summed E-state index contributed by atoms with van der Waals surface area (Å²) < 4.78 is 12.8. The van der Waals surface area contributed by atoms with Crippen LogP contribution in [-0.2, 0) is 0 Å². The number of methoxy groups -OCH3 is 2. The van der Waals surface area contributed by atoms with Crippen molar-refractivity contribution in [3.63, 3.8) is 0 Å². The predicted octanol–water partition coefficient (Wildman–Crippen LogP) is 6.18. The molecule has 3 aromatic heterocycles. The molecule has 0 amide bonds. The lowest BCUT2D eigenvalue weighted by atomic mass is 10.0. The van der Waals surface area contributed by atoms with E-state index in [4.69, 9.17) is 20.2 Å². The summed E-state index contributed by atoms with van der Waals surface area (Å²) in [6, 6.07) is 17.1. The van der Waals surface area contributed by atoms with Crippen LogP contribution in [0.2, 0.25) is 0 Å². The molecular formula is C28H25N3O3S. The Balaban J connectivity index is 1.66. The maximum Gasteiger partial charge on any atom is 0.211 e. The zero-order valence-corrected chi connectivity index (χ0v) is 20.8. The van der Waals surface area contributed by atoms with Crippen LogP contribution >= 0.6 is 11.3 Å². The number of hydrogen-bond acceptors (Lipinski definition) is 6. The lowest BCUT2D eigenvalue weighted by Crippen LogP contribution is -2.08. The van der Waals surface area contributed by atoms with E-state index in [0.717, 1.165) is 38.5 Å². The Hall–Kier alpha value is -4.10. The van der Waals surface area contributed by atoms with Gasteiger partial charge < -0.3 is 19.6 Å². The molecule has 0 aliphatic carbocycles. The number of rotatable bonds is 6. The number of thiazole rings is 1. The van der Waals surface area contributed by atoms with E-state index in [2.05, 4.69) is 0 Å². The number of nitrogens with zero attached hydrogens (tertiary/aromatic N) is 2. The molecule has 35 heavy (non-hydrogen) atoms. The molecule has 0 saturated heterocycles. The fourth-order valence-electron chi connectivity index (χ4n) is 4.23. The zero-order valence-electron chi connectivity index (χ0n) is 20.0. The van der Waals surface area contributed by atoms with Crippen LogP contribution in [0, 0.1) is 13.8 Å². The third-order valence-electron chi connectivity index (χ3n) is 6.27. The highest BCUT2D eigenvalue weighted by Gasteiger charge is 2.25. The molecule has 176 valence electrons. The summed E-state index contributed by atoms with van der Waals surface area (Å²) in [5.74, 6) is 1.29. The number of aryl methyl sites for hydroxylation is 2. The van der Waals surface area contributed by atoms with Gasteiger partial charge in [0.15, 0.2) is 0 Å². The van der Waals surface area contributed by atoms with Crippen molar-refractivity contribution >= 4 is 28.3 Å². The van der Waals surface area contributed by atoms with Crippen LogP contribution in [0.4, 0.5) is 5.69 Å². The second-order valence-electron chi connectivity index (χ2n) is 8.33. The van der Waals surface area contributed by atoms with Gasteiger partial charge in [-0.25, -0.2) is 4.98 Å². The lowest BCUT2D eigenvalue weighted by Gasteiger charge is -2.08. The van der Waals surface area contributed by atoms with Crippen LogP contribution in [0.1, 0.15) is 27.2 Å². The smallest absolute Gasteiger partial charge is 0.211 e. The predicted molar refractivity (Wildman–Crippen MR) is 141 cm³/mol. The van der Waals surface area contributed by atoms with Gasteiger partial charge in [-0.3, -0.25) is 4.79 Å². The maximum atomic E-state index is 13.6. The molecule has 2 aromatic carbocycles. The summed E-state index contributed by atoms with van der Waals surface area (Å²) in [6.07, 6.45) is 1.86. The molecular weight excluding hydrogens is 458 g/mol. The molecule has 5 aromatic rings. The standard InChI is InChI=1S/C28H25N3O3S/c1-16-8-9-18(13-17(16)2)27(32)26-25(29)24(22-7-5-6-12-31(22)26)28-30-21(15-35-28)20-14-19(33-3)10-11-23(20)34-4/h5-15H,29H2,1-4H3. The minimum Gasteiger partial charge on any atom is -0.497 e. The molecule has 0 aliphatic heterocycles. The highest BCUT2D eigenvalue weighted by molar-refractivity contribution is 7.13. The third-order valence-corrected chi connectivity index (χ3v) is 7.13. The molecule has 0 radical (unpaired) electrons. The van der Waals surface area contributed by atoms with Gasteiger partial charge in [0.25, 0.3) is 0 Å². The van der Waals surface area contributed by atoms with Gasteiger partial charge in [0.1, 0.15) is 22.2 Å². The highest BCUT2D eigenvalue weighted by Crippen LogP contribution is 2.41. The Bertz CT molecular complexity index is 1580. The van der Waals surface area contributed by atoms with E-state index in [0.29, 0.717) is 28.4 Å². The first kappa shape index (κ1) is 22.7.